The molecule has 4 rings (SSSR count). The SMILES string of the molecule is O=C(Nc1ccc(N2CCCCC2=O)cc1F)[C@H]1C[C@@H](O)CN1C(=O)Nc1ccc(Cl)cn1. The molecule has 1 aromatic heterocycles. The van der Waals surface area contributed by atoms with Gasteiger partial charge in [0.05, 0.1) is 16.8 Å². The van der Waals surface area contributed by atoms with E-state index >= 15 is 0 Å². The molecule has 0 unspecified atom stereocenters. The van der Waals surface area contributed by atoms with Crippen LogP contribution in [-0.4, -0.2) is 58.1 Å². The number of urea groups is 1. The Kier molecular flexibility index (Phi) is 6.75. The summed E-state index contributed by atoms with van der Waals surface area (Å²) < 4.78 is 14.7. The highest BCUT2D eigenvalue weighted by atomic mass is 35.5. The first-order chi connectivity index (χ1) is 15.8. The van der Waals surface area contributed by atoms with E-state index in [9.17, 15) is 23.9 Å². The smallest absolute Gasteiger partial charge is 0.323 e. The predicted molar refractivity (Wildman–Crippen MR) is 121 cm³/mol. The lowest BCUT2D eigenvalue weighted by atomic mass is 10.1. The lowest BCUT2D eigenvalue weighted by Gasteiger charge is -2.27. The summed E-state index contributed by atoms with van der Waals surface area (Å²) >= 11 is 5.79. The molecule has 2 aliphatic rings. The average Bonchev–Trinajstić information content (AvgIpc) is 3.19. The highest BCUT2D eigenvalue weighted by Crippen LogP contribution is 2.27. The zero-order chi connectivity index (χ0) is 23.5. The van der Waals surface area contributed by atoms with Gasteiger partial charge in [0.1, 0.15) is 17.7 Å². The third kappa shape index (κ3) is 5.23. The van der Waals surface area contributed by atoms with Gasteiger partial charge in [0.2, 0.25) is 11.8 Å². The zero-order valence-corrected chi connectivity index (χ0v) is 18.4. The molecule has 33 heavy (non-hydrogen) atoms. The van der Waals surface area contributed by atoms with Gasteiger partial charge >= 0.3 is 6.03 Å². The Hall–Kier alpha value is -3.24. The van der Waals surface area contributed by atoms with E-state index in [-0.39, 0.29) is 30.4 Å². The molecule has 2 saturated heterocycles. The highest BCUT2D eigenvalue weighted by Gasteiger charge is 2.39. The number of benzene rings is 1. The summed E-state index contributed by atoms with van der Waals surface area (Å²) in [6, 6.07) is 5.60. The maximum Gasteiger partial charge on any atom is 0.323 e. The number of aliphatic hydroxyl groups is 1. The minimum absolute atomic E-state index is 0.00921. The quantitative estimate of drug-likeness (QED) is 0.629. The number of likely N-dealkylation sites (tertiary alicyclic amines) is 1. The molecule has 0 radical (unpaired) electrons. The number of aliphatic hydroxyl groups excluding tert-OH is 1. The minimum Gasteiger partial charge on any atom is -0.391 e. The van der Waals surface area contributed by atoms with Crippen molar-refractivity contribution in [3.05, 3.63) is 47.4 Å². The van der Waals surface area contributed by atoms with Crippen molar-refractivity contribution >= 4 is 46.6 Å². The van der Waals surface area contributed by atoms with Gasteiger partial charge in [0.15, 0.2) is 0 Å². The number of carbonyl (C=O) groups excluding carboxylic acids is 3. The molecular weight excluding hydrogens is 453 g/mol. The van der Waals surface area contributed by atoms with E-state index in [1.807, 2.05) is 0 Å². The van der Waals surface area contributed by atoms with Crippen molar-refractivity contribution in [2.45, 2.75) is 37.8 Å². The minimum atomic E-state index is -1.00. The summed E-state index contributed by atoms with van der Waals surface area (Å²) in [7, 11) is 0. The zero-order valence-electron chi connectivity index (χ0n) is 17.6. The predicted octanol–water partition coefficient (Wildman–Crippen LogP) is 3.00. The first kappa shape index (κ1) is 22.9. The third-order valence-corrected chi connectivity index (χ3v) is 5.87. The third-order valence-electron chi connectivity index (χ3n) is 5.65. The lowest BCUT2D eigenvalue weighted by molar-refractivity contribution is -0.120. The Morgan fingerprint density at radius 3 is 2.70 bits per heavy atom. The number of aromatic nitrogens is 1. The van der Waals surface area contributed by atoms with Crippen molar-refractivity contribution in [2.75, 3.05) is 28.6 Å². The number of hydrogen-bond donors (Lipinski definition) is 3. The van der Waals surface area contributed by atoms with Crippen molar-refractivity contribution in [1.82, 2.24) is 9.88 Å². The highest BCUT2D eigenvalue weighted by molar-refractivity contribution is 6.30. The molecule has 1 aromatic carbocycles. The van der Waals surface area contributed by atoms with Gasteiger partial charge < -0.3 is 20.2 Å². The summed E-state index contributed by atoms with van der Waals surface area (Å²) in [4.78, 5) is 44.3. The van der Waals surface area contributed by atoms with Crippen LogP contribution in [0.1, 0.15) is 25.7 Å². The number of pyridine rings is 1. The van der Waals surface area contributed by atoms with Crippen molar-refractivity contribution in [1.29, 1.82) is 0 Å². The van der Waals surface area contributed by atoms with Crippen LogP contribution in [0.4, 0.5) is 26.4 Å². The number of halogens is 2. The molecule has 2 fully saturated rings. The molecule has 3 heterocycles. The molecule has 9 nitrogen and oxygen atoms in total. The van der Waals surface area contributed by atoms with Gasteiger partial charge in [0, 0.05) is 37.8 Å². The molecule has 0 saturated carbocycles. The average molecular weight is 476 g/mol. The fraction of sp³-hybridized carbons (Fsp3) is 0.364. The summed E-state index contributed by atoms with van der Waals surface area (Å²) in [5.74, 6) is -1.15. The number of carbonyl (C=O) groups is 3. The van der Waals surface area contributed by atoms with Crippen LogP contribution in [0.3, 0.4) is 0 Å². The maximum absolute atomic E-state index is 14.7. The second kappa shape index (κ2) is 9.72. The number of hydrogen-bond acceptors (Lipinski definition) is 5. The van der Waals surface area contributed by atoms with E-state index < -0.39 is 29.9 Å². The second-order valence-electron chi connectivity index (χ2n) is 8.01. The molecule has 3 N–H and O–H groups in total. The van der Waals surface area contributed by atoms with Crippen LogP contribution in [0.25, 0.3) is 0 Å². The number of β-amino-alcohol motifs (C(OH)–C–C–N with tert-alkyl or cyclic N) is 1. The van der Waals surface area contributed by atoms with Gasteiger partial charge in [-0.05, 0) is 43.2 Å². The van der Waals surface area contributed by atoms with Crippen LogP contribution >= 0.6 is 11.6 Å². The molecule has 0 bridgehead atoms. The van der Waals surface area contributed by atoms with Gasteiger partial charge in [-0.1, -0.05) is 11.6 Å². The lowest BCUT2D eigenvalue weighted by Crippen LogP contribution is -2.45. The van der Waals surface area contributed by atoms with E-state index in [1.165, 1.54) is 34.2 Å². The van der Waals surface area contributed by atoms with E-state index in [2.05, 4.69) is 15.6 Å². The van der Waals surface area contributed by atoms with E-state index in [0.717, 1.165) is 12.8 Å². The van der Waals surface area contributed by atoms with E-state index in [4.69, 9.17) is 11.6 Å². The van der Waals surface area contributed by atoms with Crippen LogP contribution in [0, 0.1) is 5.82 Å². The Morgan fingerprint density at radius 2 is 2.00 bits per heavy atom. The number of anilines is 3. The second-order valence-corrected chi connectivity index (χ2v) is 8.44. The number of nitrogens with zero attached hydrogens (tertiary/aromatic N) is 3. The van der Waals surface area contributed by atoms with Gasteiger partial charge in [-0.3, -0.25) is 14.9 Å². The molecule has 2 aromatic rings. The monoisotopic (exact) mass is 475 g/mol. The van der Waals surface area contributed by atoms with Crippen LogP contribution in [0.5, 0.6) is 0 Å². The molecule has 174 valence electrons. The van der Waals surface area contributed by atoms with Crippen molar-refractivity contribution in [2.24, 2.45) is 0 Å². The van der Waals surface area contributed by atoms with Crippen LogP contribution < -0.4 is 15.5 Å². The normalized spacial score (nSPS) is 20.6. The van der Waals surface area contributed by atoms with E-state index in [1.54, 1.807) is 12.1 Å². The standard InChI is InChI=1S/C22H23ClFN5O4/c23-13-4-7-19(25-11-13)27-22(33)29-12-15(30)10-18(29)21(32)26-17-6-5-14(9-16(17)24)28-8-2-1-3-20(28)31/h4-7,9,11,15,18,30H,1-3,8,10,12H2,(H,26,32)(H,25,27,33)/t15-,18-/m1/s1. The van der Waals surface area contributed by atoms with Gasteiger partial charge in [-0.15, -0.1) is 0 Å². The number of amides is 4. The fourth-order valence-electron chi connectivity index (χ4n) is 3.99. The topological polar surface area (TPSA) is 115 Å². The number of nitrogens with one attached hydrogen (secondary N) is 2. The largest absolute Gasteiger partial charge is 0.391 e. The van der Waals surface area contributed by atoms with Crippen LogP contribution in [0.15, 0.2) is 36.5 Å². The van der Waals surface area contributed by atoms with Gasteiger partial charge in [0.25, 0.3) is 0 Å². The first-order valence-electron chi connectivity index (χ1n) is 10.6. The van der Waals surface area contributed by atoms with Crippen molar-refractivity contribution in [3.8, 4) is 0 Å². The van der Waals surface area contributed by atoms with Crippen molar-refractivity contribution < 1.29 is 23.9 Å². The van der Waals surface area contributed by atoms with E-state index in [0.29, 0.717) is 23.7 Å². The molecule has 2 atom stereocenters. The number of piperidine rings is 1. The fourth-order valence-corrected chi connectivity index (χ4v) is 4.10. The summed E-state index contributed by atoms with van der Waals surface area (Å²) in [5.41, 5.74) is 0.359. The van der Waals surface area contributed by atoms with Crippen molar-refractivity contribution in [3.63, 3.8) is 0 Å². The Morgan fingerprint density at radius 1 is 1.18 bits per heavy atom. The first-order valence-corrected chi connectivity index (χ1v) is 11.0. The Balaban J connectivity index is 1.44. The van der Waals surface area contributed by atoms with Crippen LogP contribution in [-0.2, 0) is 9.59 Å². The molecule has 2 aliphatic heterocycles. The Bertz CT molecular complexity index is 1070. The summed E-state index contributed by atoms with van der Waals surface area (Å²) in [6.07, 6.45) is 2.56. The van der Waals surface area contributed by atoms with Gasteiger partial charge in [-0.2, -0.15) is 0 Å². The molecule has 4 amide bonds. The number of rotatable bonds is 4. The Labute approximate surface area is 194 Å². The molecular formula is C22H23ClFN5O4. The molecule has 0 aliphatic carbocycles. The summed E-state index contributed by atoms with van der Waals surface area (Å²) in [5, 5.41) is 15.5. The molecule has 0 spiro atoms. The van der Waals surface area contributed by atoms with Crippen LogP contribution in [0.2, 0.25) is 5.02 Å². The molecule has 11 heteroatoms. The summed E-state index contributed by atoms with van der Waals surface area (Å²) in [6.45, 7) is 0.465. The maximum atomic E-state index is 14.7. The van der Waals surface area contributed by atoms with Gasteiger partial charge in [-0.25, -0.2) is 14.2 Å².